The fourth-order valence-electron chi connectivity index (χ4n) is 2.36. The third kappa shape index (κ3) is 3.80. The Morgan fingerprint density at radius 1 is 1.60 bits per heavy atom. The molecule has 1 aromatic rings. The van der Waals surface area contributed by atoms with Gasteiger partial charge in [0.05, 0.1) is 25.3 Å². The largest absolute Gasteiger partial charge is 0.469 e. The molecule has 1 aliphatic heterocycles. The van der Waals surface area contributed by atoms with Crippen molar-refractivity contribution in [2.24, 2.45) is 5.92 Å². The van der Waals surface area contributed by atoms with Gasteiger partial charge in [-0.15, -0.1) is 0 Å². The molecule has 110 valence electrons. The van der Waals surface area contributed by atoms with Gasteiger partial charge < -0.3 is 9.26 Å². The lowest BCUT2D eigenvalue weighted by Crippen LogP contribution is -2.42. The van der Waals surface area contributed by atoms with Crippen LogP contribution in [0.4, 0.5) is 5.88 Å². The Balaban J connectivity index is 1.83. The van der Waals surface area contributed by atoms with Gasteiger partial charge in [0.2, 0.25) is 11.8 Å². The number of ether oxygens (including phenoxy) is 1. The van der Waals surface area contributed by atoms with E-state index in [4.69, 9.17) is 9.26 Å². The molecule has 2 rings (SSSR count). The normalized spacial score (nSPS) is 19.6. The Labute approximate surface area is 117 Å². The third-order valence-electron chi connectivity index (χ3n) is 3.30. The van der Waals surface area contributed by atoms with Crippen LogP contribution in [0.2, 0.25) is 0 Å². The van der Waals surface area contributed by atoms with E-state index in [2.05, 4.69) is 10.5 Å². The average Bonchev–Trinajstić information content (AvgIpc) is 2.83. The fraction of sp³-hybridized carbons (Fsp3) is 0.615. The Hall–Kier alpha value is -1.89. The maximum absolute atomic E-state index is 11.9. The average molecular weight is 281 g/mol. The van der Waals surface area contributed by atoms with Crippen molar-refractivity contribution in [1.82, 2.24) is 10.1 Å². The number of anilines is 1. The first-order valence-corrected chi connectivity index (χ1v) is 6.62. The van der Waals surface area contributed by atoms with Gasteiger partial charge in [0, 0.05) is 12.6 Å². The van der Waals surface area contributed by atoms with E-state index in [1.165, 1.54) is 7.11 Å². The first-order chi connectivity index (χ1) is 9.58. The molecule has 0 aromatic carbocycles. The van der Waals surface area contributed by atoms with Crippen molar-refractivity contribution in [3.05, 3.63) is 11.8 Å². The molecule has 2 heterocycles. The number of carbonyl (C=O) groups excluding carboxylic acids is 2. The first-order valence-electron chi connectivity index (χ1n) is 6.62. The zero-order valence-corrected chi connectivity index (χ0v) is 11.7. The van der Waals surface area contributed by atoms with Crippen LogP contribution >= 0.6 is 0 Å². The SMILES string of the molecule is COC(=O)C1CCCN(CC(=O)Nc2cc(C)no2)C1. The van der Waals surface area contributed by atoms with Crippen molar-refractivity contribution < 1.29 is 18.8 Å². The van der Waals surface area contributed by atoms with Crippen LogP contribution in [0, 0.1) is 12.8 Å². The molecule has 1 N–H and O–H groups in total. The van der Waals surface area contributed by atoms with Gasteiger partial charge >= 0.3 is 5.97 Å². The summed E-state index contributed by atoms with van der Waals surface area (Å²) in [6.07, 6.45) is 1.69. The number of hydrogen-bond acceptors (Lipinski definition) is 6. The van der Waals surface area contributed by atoms with Crippen molar-refractivity contribution in [3.8, 4) is 0 Å². The Morgan fingerprint density at radius 2 is 2.40 bits per heavy atom. The Kier molecular flexibility index (Phi) is 4.73. The van der Waals surface area contributed by atoms with E-state index < -0.39 is 0 Å². The van der Waals surface area contributed by atoms with E-state index >= 15 is 0 Å². The summed E-state index contributed by atoms with van der Waals surface area (Å²) in [5.41, 5.74) is 0.712. The number of likely N-dealkylation sites (tertiary alicyclic amines) is 1. The lowest BCUT2D eigenvalue weighted by Gasteiger charge is -2.30. The summed E-state index contributed by atoms with van der Waals surface area (Å²) >= 11 is 0. The Bertz CT molecular complexity index is 486. The number of hydrogen-bond donors (Lipinski definition) is 1. The highest BCUT2D eigenvalue weighted by atomic mass is 16.5. The Morgan fingerprint density at radius 3 is 3.05 bits per heavy atom. The molecule has 1 aliphatic rings. The second-order valence-electron chi connectivity index (χ2n) is 4.98. The van der Waals surface area contributed by atoms with Crippen LogP contribution in [0.5, 0.6) is 0 Å². The maximum atomic E-state index is 11.9. The molecule has 0 radical (unpaired) electrons. The predicted octanol–water partition coefficient (Wildman–Crippen LogP) is 0.807. The van der Waals surface area contributed by atoms with Crippen LogP contribution in [0.3, 0.4) is 0 Å². The number of piperidine rings is 1. The minimum absolute atomic E-state index is 0.144. The smallest absolute Gasteiger partial charge is 0.309 e. The van der Waals surface area contributed by atoms with E-state index in [0.717, 1.165) is 19.4 Å². The highest BCUT2D eigenvalue weighted by Crippen LogP contribution is 2.17. The number of nitrogens with one attached hydrogen (secondary N) is 1. The van der Waals surface area contributed by atoms with Gasteiger partial charge in [0.15, 0.2) is 0 Å². The molecule has 0 aliphatic carbocycles. The number of aryl methyl sites for hydroxylation is 1. The molecule has 0 saturated carbocycles. The predicted molar refractivity (Wildman–Crippen MR) is 71.0 cm³/mol. The van der Waals surface area contributed by atoms with E-state index in [-0.39, 0.29) is 24.3 Å². The quantitative estimate of drug-likeness (QED) is 0.822. The molecule has 1 unspecified atom stereocenters. The summed E-state index contributed by atoms with van der Waals surface area (Å²) in [4.78, 5) is 25.3. The van der Waals surface area contributed by atoms with Gasteiger partial charge in [-0.2, -0.15) is 0 Å². The van der Waals surface area contributed by atoms with Gasteiger partial charge in [-0.05, 0) is 26.3 Å². The van der Waals surface area contributed by atoms with Gasteiger partial charge in [0.25, 0.3) is 0 Å². The zero-order valence-electron chi connectivity index (χ0n) is 11.7. The number of esters is 1. The van der Waals surface area contributed by atoms with Crippen molar-refractivity contribution >= 4 is 17.8 Å². The number of nitrogens with zero attached hydrogens (tertiary/aromatic N) is 2. The molecular formula is C13H19N3O4. The van der Waals surface area contributed by atoms with Gasteiger partial charge in [-0.3, -0.25) is 19.8 Å². The molecule has 1 aromatic heterocycles. The number of carbonyl (C=O) groups is 2. The van der Waals surface area contributed by atoms with Gasteiger partial charge in [0.1, 0.15) is 0 Å². The number of aromatic nitrogens is 1. The van der Waals surface area contributed by atoms with E-state index in [0.29, 0.717) is 18.1 Å². The topological polar surface area (TPSA) is 84.7 Å². The maximum Gasteiger partial charge on any atom is 0.309 e. The highest BCUT2D eigenvalue weighted by molar-refractivity contribution is 5.91. The minimum Gasteiger partial charge on any atom is -0.469 e. The summed E-state index contributed by atoms with van der Waals surface area (Å²) in [6, 6.07) is 1.66. The number of rotatable bonds is 4. The molecule has 1 atom stereocenters. The van der Waals surface area contributed by atoms with Gasteiger partial charge in [-0.1, -0.05) is 5.16 Å². The van der Waals surface area contributed by atoms with E-state index in [9.17, 15) is 9.59 Å². The zero-order chi connectivity index (χ0) is 14.5. The van der Waals surface area contributed by atoms with Crippen molar-refractivity contribution in [3.63, 3.8) is 0 Å². The highest BCUT2D eigenvalue weighted by Gasteiger charge is 2.27. The molecule has 1 fully saturated rings. The summed E-state index contributed by atoms with van der Waals surface area (Å²) in [7, 11) is 1.39. The first kappa shape index (κ1) is 14.5. The van der Waals surface area contributed by atoms with Crippen molar-refractivity contribution in [2.75, 3.05) is 32.1 Å². The lowest BCUT2D eigenvalue weighted by atomic mass is 9.98. The second kappa shape index (κ2) is 6.51. The van der Waals surface area contributed by atoms with Crippen molar-refractivity contribution in [2.45, 2.75) is 19.8 Å². The molecule has 7 nitrogen and oxygen atoms in total. The molecule has 1 saturated heterocycles. The number of amides is 1. The minimum atomic E-state index is -0.207. The standard InChI is InChI=1S/C13H19N3O4/c1-9-6-12(20-15-9)14-11(17)8-16-5-3-4-10(7-16)13(18)19-2/h6,10H,3-5,7-8H2,1-2H3,(H,14,17). The second-order valence-corrected chi connectivity index (χ2v) is 4.98. The number of methoxy groups -OCH3 is 1. The van der Waals surface area contributed by atoms with Crippen LogP contribution in [-0.4, -0.2) is 48.7 Å². The van der Waals surface area contributed by atoms with E-state index in [1.807, 2.05) is 4.90 Å². The summed E-state index contributed by atoms with van der Waals surface area (Å²) < 4.78 is 9.68. The monoisotopic (exact) mass is 281 g/mol. The molecule has 0 spiro atoms. The third-order valence-corrected chi connectivity index (χ3v) is 3.30. The summed E-state index contributed by atoms with van der Waals surface area (Å²) in [5.74, 6) is -0.185. The van der Waals surface area contributed by atoms with Crippen LogP contribution in [0.1, 0.15) is 18.5 Å². The summed E-state index contributed by atoms with van der Waals surface area (Å²) in [6.45, 7) is 3.36. The van der Waals surface area contributed by atoms with Crippen LogP contribution < -0.4 is 5.32 Å². The molecule has 1 amide bonds. The van der Waals surface area contributed by atoms with Crippen LogP contribution in [-0.2, 0) is 14.3 Å². The molecule has 20 heavy (non-hydrogen) atoms. The van der Waals surface area contributed by atoms with Gasteiger partial charge in [-0.25, -0.2) is 0 Å². The molecular weight excluding hydrogens is 262 g/mol. The molecule has 7 heteroatoms. The summed E-state index contributed by atoms with van der Waals surface area (Å²) in [5, 5.41) is 6.34. The van der Waals surface area contributed by atoms with Crippen LogP contribution in [0.15, 0.2) is 10.6 Å². The van der Waals surface area contributed by atoms with E-state index in [1.54, 1.807) is 13.0 Å². The fourth-order valence-corrected chi connectivity index (χ4v) is 2.36. The van der Waals surface area contributed by atoms with Crippen molar-refractivity contribution in [1.29, 1.82) is 0 Å². The lowest BCUT2D eigenvalue weighted by molar-refractivity contribution is -0.147. The molecule has 0 bridgehead atoms. The van der Waals surface area contributed by atoms with Crippen LogP contribution in [0.25, 0.3) is 0 Å².